The molecule has 1 aliphatic heterocycles. The topological polar surface area (TPSA) is 55.4 Å². The van der Waals surface area contributed by atoms with Gasteiger partial charge in [-0.15, -0.1) is 0 Å². The molecule has 0 bridgehead atoms. The summed E-state index contributed by atoms with van der Waals surface area (Å²) in [6, 6.07) is 4.12. The molecule has 4 heteroatoms. The number of aryl methyl sites for hydroxylation is 3. The molecule has 1 aromatic carbocycles. The number of hydrogen-bond acceptors (Lipinski definition) is 3. The Hall–Kier alpha value is -1.68. The lowest BCUT2D eigenvalue weighted by atomic mass is 9.74. The van der Waals surface area contributed by atoms with Gasteiger partial charge in [0.1, 0.15) is 11.5 Å². The minimum Gasteiger partial charge on any atom is -0.378 e. The fraction of sp³-hybridized carbons (Fsp3) is 0.636. The van der Waals surface area contributed by atoms with Crippen molar-refractivity contribution in [2.75, 3.05) is 6.61 Å². The third kappa shape index (κ3) is 3.44. The lowest BCUT2D eigenvalue weighted by Crippen LogP contribution is -2.51. The van der Waals surface area contributed by atoms with Crippen LogP contribution in [0.25, 0.3) is 0 Å². The maximum absolute atomic E-state index is 13.4. The van der Waals surface area contributed by atoms with Crippen LogP contribution in [0.4, 0.5) is 0 Å². The van der Waals surface area contributed by atoms with Crippen LogP contribution >= 0.6 is 0 Å². The van der Waals surface area contributed by atoms with E-state index in [9.17, 15) is 9.59 Å². The van der Waals surface area contributed by atoms with Gasteiger partial charge in [-0.3, -0.25) is 9.59 Å². The molecule has 1 N–H and O–H groups in total. The molecule has 3 atom stereocenters. The van der Waals surface area contributed by atoms with Gasteiger partial charge in [0.2, 0.25) is 5.91 Å². The van der Waals surface area contributed by atoms with Gasteiger partial charge in [-0.25, -0.2) is 0 Å². The van der Waals surface area contributed by atoms with Crippen LogP contribution in [-0.2, 0) is 14.3 Å². The summed E-state index contributed by atoms with van der Waals surface area (Å²) in [7, 11) is 0. The third-order valence-electron chi connectivity index (χ3n) is 5.94. The van der Waals surface area contributed by atoms with Crippen LogP contribution in [0.1, 0.15) is 73.6 Å². The van der Waals surface area contributed by atoms with E-state index < -0.39 is 11.5 Å². The second-order valence-corrected chi connectivity index (χ2v) is 8.12. The highest BCUT2D eigenvalue weighted by Crippen LogP contribution is 2.41. The fourth-order valence-electron chi connectivity index (χ4n) is 4.77. The quantitative estimate of drug-likeness (QED) is 0.642. The van der Waals surface area contributed by atoms with E-state index in [-0.39, 0.29) is 17.8 Å². The maximum Gasteiger partial charge on any atom is 0.235 e. The van der Waals surface area contributed by atoms with Gasteiger partial charge in [-0.1, -0.05) is 31.0 Å². The predicted octanol–water partition coefficient (Wildman–Crippen LogP) is 3.89. The second kappa shape index (κ2) is 7.51. The zero-order chi connectivity index (χ0) is 18.9. The van der Waals surface area contributed by atoms with E-state index in [4.69, 9.17) is 4.74 Å². The second-order valence-electron chi connectivity index (χ2n) is 8.12. The normalized spacial score (nSPS) is 28.6. The van der Waals surface area contributed by atoms with Gasteiger partial charge in [0, 0.05) is 13.0 Å². The number of unbranched alkanes of at least 4 members (excludes halogenated alkanes) is 1. The molecule has 3 rings (SSSR count). The molecule has 0 aromatic heterocycles. The van der Waals surface area contributed by atoms with Crippen molar-refractivity contribution >= 4 is 11.7 Å². The number of carbonyl (C=O) groups excluding carboxylic acids is 2. The SMILES string of the molecule is CCCCOC1CCCC2(C1)NC(=O)C(c1c(C)cc(C)cc1C)C2=O. The molecule has 1 heterocycles. The maximum atomic E-state index is 13.4. The minimum atomic E-state index is -0.735. The smallest absolute Gasteiger partial charge is 0.235 e. The first kappa shape index (κ1) is 19.1. The highest BCUT2D eigenvalue weighted by molar-refractivity contribution is 6.17. The van der Waals surface area contributed by atoms with Crippen molar-refractivity contribution < 1.29 is 14.3 Å². The van der Waals surface area contributed by atoms with E-state index in [0.29, 0.717) is 6.42 Å². The number of rotatable bonds is 5. The Morgan fingerprint density at radius 2 is 1.88 bits per heavy atom. The first-order chi connectivity index (χ1) is 12.4. The number of hydrogen-bond donors (Lipinski definition) is 1. The highest BCUT2D eigenvalue weighted by Gasteiger charge is 2.55. The molecule has 1 aromatic rings. The van der Waals surface area contributed by atoms with Crippen LogP contribution in [0.5, 0.6) is 0 Å². The van der Waals surface area contributed by atoms with Crippen molar-refractivity contribution in [1.82, 2.24) is 5.32 Å². The van der Waals surface area contributed by atoms with E-state index in [1.807, 2.05) is 20.8 Å². The number of amides is 1. The van der Waals surface area contributed by atoms with Crippen LogP contribution in [0.15, 0.2) is 12.1 Å². The van der Waals surface area contributed by atoms with E-state index in [1.54, 1.807) is 0 Å². The van der Waals surface area contributed by atoms with E-state index >= 15 is 0 Å². The average Bonchev–Trinajstić information content (AvgIpc) is 2.79. The highest BCUT2D eigenvalue weighted by atomic mass is 16.5. The molecule has 1 saturated carbocycles. The van der Waals surface area contributed by atoms with Gasteiger partial charge in [0.15, 0.2) is 5.78 Å². The Morgan fingerprint density at radius 3 is 2.54 bits per heavy atom. The van der Waals surface area contributed by atoms with Crippen molar-refractivity contribution in [2.24, 2.45) is 0 Å². The molecule has 0 radical (unpaired) electrons. The zero-order valence-corrected chi connectivity index (χ0v) is 16.5. The first-order valence-corrected chi connectivity index (χ1v) is 9.93. The molecule has 4 nitrogen and oxygen atoms in total. The van der Waals surface area contributed by atoms with Crippen molar-refractivity contribution in [3.05, 3.63) is 34.4 Å². The molecule has 2 aliphatic rings. The summed E-state index contributed by atoms with van der Waals surface area (Å²) in [6.07, 6.45) is 5.44. The fourth-order valence-corrected chi connectivity index (χ4v) is 4.77. The van der Waals surface area contributed by atoms with Crippen molar-refractivity contribution in [3.63, 3.8) is 0 Å². The van der Waals surface area contributed by atoms with Gasteiger partial charge in [0.05, 0.1) is 6.10 Å². The van der Waals surface area contributed by atoms with Crippen LogP contribution in [0.3, 0.4) is 0 Å². The van der Waals surface area contributed by atoms with E-state index in [0.717, 1.165) is 61.0 Å². The molecular weight excluding hydrogens is 326 g/mol. The Kier molecular flexibility index (Phi) is 5.52. The van der Waals surface area contributed by atoms with Crippen LogP contribution in [0, 0.1) is 20.8 Å². The van der Waals surface area contributed by atoms with Gasteiger partial charge < -0.3 is 10.1 Å². The van der Waals surface area contributed by atoms with Gasteiger partial charge in [-0.05, 0) is 63.1 Å². The average molecular weight is 357 g/mol. The lowest BCUT2D eigenvalue weighted by Gasteiger charge is -2.36. The Labute approximate surface area is 156 Å². The van der Waals surface area contributed by atoms with Crippen molar-refractivity contribution in [3.8, 4) is 0 Å². The standard InChI is InChI=1S/C22H31NO3/c1-5-6-10-26-17-8-7-9-22(13-17)20(24)19(21(25)23-22)18-15(3)11-14(2)12-16(18)4/h11-12,17,19H,5-10,13H2,1-4H3,(H,23,25). The molecule has 1 aliphatic carbocycles. The molecule has 2 fully saturated rings. The Balaban J connectivity index is 1.85. The van der Waals surface area contributed by atoms with Gasteiger partial charge >= 0.3 is 0 Å². The van der Waals surface area contributed by atoms with Gasteiger partial charge in [-0.2, -0.15) is 0 Å². The summed E-state index contributed by atoms with van der Waals surface area (Å²) in [5.41, 5.74) is 3.37. The predicted molar refractivity (Wildman–Crippen MR) is 102 cm³/mol. The number of carbonyl (C=O) groups is 2. The van der Waals surface area contributed by atoms with Crippen molar-refractivity contribution in [1.29, 1.82) is 0 Å². The zero-order valence-electron chi connectivity index (χ0n) is 16.5. The number of Topliss-reactive ketones (excluding diaryl/α,β-unsaturated/α-hetero) is 1. The first-order valence-electron chi connectivity index (χ1n) is 9.93. The summed E-state index contributed by atoms with van der Waals surface area (Å²) < 4.78 is 5.99. The van der Waals surface area contributed by atoms with Crippen molar-refractivity contribution in [2.45, 2.75) is 83.8 Å². The summed E-state index contributed by atoms with van der Waals surface area (Å²) in [6.45, 7) is 8.92. The van der Waals surface area contributed by atoms with Crippen LogP contribution in [-0.4, -0.2) is 29.9 Å². The van der Waals surface area contributed by atoms with Crippen LogP contribution < -0.4 is 5.32 Å². The summed E-state index contributed by atoms with van der Waals surface area (Å²) in [5, 5.41) is 3.09. The molecule has 3 unspecified atom stereocenters. The summed E-state index contributed by atoms with van der Waals surface area (Å²) in [4.78, 5) is 26.3. The monoisotopic (exact) mass is 357 g/mol. The largest absolute Gasteiger partial charge is 0.378 e. The van der Waals surface area contributed by atoms with Crippen LogP contribution in [0.2, 0.25) is 0 Å². The minimum absolute atomic E-state index is 0.0429. The molecule has 1 spiro atoms. The van der Waals surface area contributed by atoms with E-state index in [2.05, 4.69) is 24.4 Å². The Bertz CT molecular complexity index is 688. The molecule has 1 amide bonds. The number of ketones is 1. The Morgan fingerprint density at radius 1 is 1.19 bits per heavy atom. The van der Waals surface area contributed by atoms with E-state index in [1.165, 1.54) is 0 Å². The molecular formula is C22H31NO3. The van der Waals surface area contributed by atoms with Gasteiger partial charge in [0.25, 0.3) is 0 Å². The summed E-state index contributed by atoms with van der Waals surface area (Å²) >= 11 is 0. The number of nitrogens with one attached hydrogen (secondary N) is 1. The third-order valence-corrected chi connectivity index (χ3v) is 5.94. The number of ether oxygens (including phenoxy) is 1. The molecule has 142 valence electrons. The molecule has 26 heavy (non-hydrogen) atoms. The summed E-state index contributed by atoms with van der Waals surface area (Å²) in [5.74, 6) is -0.773. The molecule has 1 saturated heterocycles. The number of benzene rings is 1. The lowest BCUT2D eigenvalue weighted by molar-refractivity contribution is -0.127.